The van der Waals surface area contributed by atoms with Gasteiger partial charge in [0.25, 0.3) is 15.9 Å². The summed E-state index contributed by atoms with van der Waals surface area (Å²) in [5, 5.41) is 2.82. The van der Waals surface area contributed by atoms with Gasteiger partial charge in [0.2, 0.25) is 5.91 Å². The third-order valence-electron chi connectivity index (χ3n) is 5.67. The molecule has 1 saturated heterocycles. The molecule has 0 aliphatic carbocycles. The van der Waals surface area contributed by atoms with Crippen molar-refractivity contribution in [2.24, 2.45) is 4.99 Å². The summed E-state index contributed by atoms with van der Waals surface area (Å²) in [5.41, 5.74) is 1.99. The van der Waals surface area contributed by atoms with Gasteiger partial charge in [-0.05, 0) is 43.7 Å². The molecule has 2 heterocycles. The highest BCUT2D eigenvalue weighted by molar-refractivity contribution is 7.90. The van der Waals surface area contributed by atoms with Crippen LogP contribution >= 0.6 is 0 Å². The van der Waals surface area contributed by atoms with Crippen molar-refractivity contribution in [1.82, 2.24) is 14.9 Å². The molecule has 2 aliphatic heterocycles. The molecule has 1 fully saturated rings. The minimum Gasteiger partial charge on any atom is -0.372 e. The van der Waals surface area contributed by atoms with Crippen molar-refractivity contribution in [1.29, 1.82) is 0 Å². The van der Waals surface area contributed by atoms with Crippen molar-refractivity contribution in [3.8, 4) is 0 Å². The molecule has 2 N–H and O–H groups in total. The number of carbonyl (C=O) groups excluding carboxylic acids is 2. The first-order chi connectivity index (χ1) is 16.2. The lowest BCUT2D eigenvalue weighted by Crippen LogP contribution is -2.48. The van der Waals surface area contributed by atoms with E-state index in [0.29, 0.717) is 30.8 Å². The van der Waals surface area contributed by atoms with E-state index in [0.717, 1.165) is 5.56 Å². The number of aliphatic imine (C=N–C) groups is 1. The van der Waals surface area contributed by atoms with E-state index >= 15 is 0 Å². The van der Waals surface area contributed by atoms with E-state index in [-0.39, 0.29) is 47.7 Å². The van der Waals surface area contributed by atoms with E-state index in [1.54, 1.807) is 35.2 Å². The first-order valence-electron chi connectivity index (χ1n) is 11.2. The lowest BCUT2D eigenvalue weighted by Gasteiger charge is -2.35. The van der Waals surface area contributed by atoms with Gasteiger partial charge in [0, 0.05) is 37.2 Å². The number of benzene rings is 2. The maximum atomic E-state index is 12.8. The van der Waals surface area contributed by atoms with Gasteiger partial charge >= 0.3 is 0 Å². The van der Waals surface area contributed by atoms with Crippen LogP contribution in [0.15, 0.2) is 58.4 Å². The topological polar surface area (TPSA) is 117 Å². The van der Waals surface area contributed by atoms with E-state index < -0.39 is 10.0 Å². The Kier molecular flexibility index (Phi) is 6.99. The molecule has 0 spiro atoms. The monoisotopic (exact) mass is 484 g/mol. The SMILES string of the molecule is CC1CN(C(=O)c2ccc(CNC(=O)CCN=C3NS(=O)(=O)c4ccccc43)cc2)CC(C)O1. The average Bonchev–Trinajstić information content (AvgIpc) is 3.07. The van der Waals surface area contributed by atoms with Gasteiger partial charge < -0.3 is 15.0 Å². The molecule has 2 aromatic carbocycles. The zero-order chi connectivity index (χ0) is 24.3. The Bertz CT molecular complexity index is 1200. The Morgan fingerprint density at radius 3 is 2.47 bits per heavy atom. The first-order valence-corrected chi connectivity index (χ1v) is 12.7. The molecule has 2 aliphatic rings. The molecule has 0 aromatic heterocycles. The van der Waals surface area contributed by atoms with Crippen LogP contribution in [0.25, 0.3) is 0 Å². The van der Waals surface area contributed by atoms with Crippen LogP contribution in [0.4, 0.5) is 0 Å². The number of nitrogens with zero attached hydrogens (tertiary/aromatic N) is 2. The van der Waals surface area contributed by atoms with E-state index in [1.165, 1.54) is 6.07 Å². The number of hydrogen-bond acceptors (Lipinski definition) is 6. The van der Waals surface area contributed by atoms with Crippen molar-refractivity contribution in [3.05, 3.63) is 65.2 Å². The molecule has 9 nitrogen and oxygen atoms in total. The van der Waals surface area contributed by atoms with E-state index in [4.69, 9.17) is 4.74 Å². The quantitative estimate of drug-likeness (QED) is 0.647. The molecule has 0 saturated carbocycles. The zero-order valence-corrected chi connectivity index (χ0v) is 20.0. The molecule has 10 heteroatoms. The standard InChI is InChI=1S/C24H28N4O5S/c1-16-14-28(15-17(2)33-16)24(30)19-9-7-18(8-10-19)13-26-22(29)11-12-25-23-20-5-3-4-6-21(20)34(31,32)27-23/h3-10,16-17H,11-15H2,1-2H3,(H,25,27)(H,26,29). The van der Waals surface area contributed by atoms with Crippen molar-refractivity contribution in [2.45, 2.75) is 43.9 Å². The Labute approximate surface area is 199 Å². The van der Waals surface area contributed by atoms with Gasteiger partial charge in [-0.2, -0.15) is 0 Å². The number of amidine groups is 1. The molecule has 2 aromatic rings. The van der Waals surface area contributed by atoms with Gasteiger partial charge in [-0.25, -0.2) is 8.42 Å². The molecule has 2 amide bonds. The Morgan fingerprint density at radius 1 is 1.09 bits per heavy atom. The summed E-state index contributed by atoms with van der Waals surface area (Å²) in [4.78, 5) is 31.2. The Morgan fingerprint density at radius 2 is 1.76 bits per heavy atom. The number of fused-ring (bicyclic) bond motifs is 1. The van der Waals surface area contributed by atoms with Crippen LogP contribution < -0.4 is 10.0 Å². The summed E-state index contributed by atoms with van der Waals surface area (Å²) in [6.07, 6.45) is 0.143. The van der Waals surface area contributed by atoms with Gasteiger partial charge in [-0.1, -0.05) is 24.3 Å². The number of rotatable bonds is 6. The summed E-state index contributed by atoms with van der Waals surface area (Å²) in [5.74, 6) is 0.0310. The van der Waals surface area contributed by atoms with Crippen molar-refractivity contribution in [2.75, 3.05) is 19.6 Å². The molecule has 0 radical (unpaired) electrons. The Hall–Kier alpha value is -3.24. The van der Waals surface area contributed by atoms with Gasteiger partial charge in [0.05, 0.1) is 23.6 Å². The second-order valence-corrected chi connectivity index (χ2v) is 10.2. The molecular formula is C24H28N4O5S. The molecule has 2 unspecified atom stereocenters. The minimum atomic E-state index is -3.59. The number of amides is 2. The van der Waals surface area contributed by atoms with Crippen LogP contribution in [0.3, 0.4) is 0 Å². The van der Waals surface area contributed by atoms with Crippen LogP contribution in [0.5, 0.6) is 0 Å². The maximum absolute atomic E-state index is 12.8. The second-order valence-electron chi connectivity index (χ2n) is 8.52. The summed E-state index contributed by atoms with van der Waals surface area (Å²) >= 11 is 0. The smallest absolute Gasteiger partial charge is 0.263 e. The largest absolute Gasteiger partial charge is 0.372 e. The number of morpholine rings is 1. The fourth-order valence-corrected chi connectivity index (χ4v) is 5.35. The van der Waals surface area contributed by atoms with Gasteiger partial charge in [-0.15, -0.1) is 0 Å². The lowest BCUT2D eigenvalue weighted by molar-refractivity contribution is -0.121. The van der Waals surface area contributed by atoms with E-state index in [1.807, 2.05) is 26.0 Å². The van der Waals surface area contributed by atoms with E-state index in [9.17, 15) is 18.0 Å². The minimum absolute atomic E-state index is 0.0101. The van der Waals surface area contributed by atoms with Crippen LogP contribution in [-0.4, -0.2) is 62.8 Å². The molecule has 4 rings (SSSR count). The molecule has 34 heavy (non-hydrogen) atoms. The fraction of sp³-hybridized carbons (Fsp3) is 0.375. The van der Waals surface area contributed by atoms with E-state index in [2.05, 4.69) is 15.0 Å². The lowest BCUT2D eigenvalue weighted by atomic mass is 10.1. The number of hydrogen-bond donors (Lipinski definition) is 2. The van der Waals surface area contributed by atoms with Crippen molar-refractivity contribution < 1.29 is 22.7 Å². The second kappa shape index (κ2) is 9.94. The number of sulfonamides is 1. The predicted octanol–water partition coefficient (Wildman–Crippen LogP) is 1.68. The van der Waals surface area contributed by atoms with Gasteiger partial charge in [-0.3, -0.25) is 19.3 Å². The average molecular weight is 485 g/mol. The van der Waals surface area contributed by atoms with Crippen molar-refractivity contribution >= 4 is 27.7 Å². The molecular weight excluding hydrogens is 456 g/mol. The van der Waals surface area contributed by atoms with Crippen LogP contribution in [-0.2, 0) is 26.1 Å². The van der Waals surface area contributed by atoms with Gasteiger partial charge in [0.1, 0.15) is 5.84 Å². The molecule has 2 atom stereocenters. The highest BCUT2D eigenvalue weighted by atomic mass is 32.2. The van der Waals surface area contributed by atoms with Crippen molar-refractivity contribution in [3.63, 3.8) is 0 Å². The fourth-order valence-electron chi connectivity index (χ4n) is 4.10. The normalized spacial score (nSPS) is 22.2. The maximum Gasteiger partial charge on any atom is 0.263 e. The summed E-state index contributed by atoms with van der Waals surface area (Å²) < 4.78 is 32.3. The zero-order valence-electron chi connectivity index (χ0n) is 19.2. The summed E-state index contributed by atoms with van der Waals surface area (Å²) in [7, 11) is -3.59. The van der Waals surface area contributed by atoms with Crippen LogP contribution in [0.2, 0.25) is 0 Å². The van der Waals surface area contributed by atoms with Crippen LogP contribution in [0.1, 0.15) is 41.8 Å². The Balaban J connectivity index is 1.26. The summed E-state index contributed by atoms with van der Waals surface area (Å²) in [6.45, 7) is 5.53. The molecule has 0 bridgehead atoms. The third kappa shape index (κ3) is 5.45. The molecule has 180 valence electrons. The first kappa shape index (κ1) is 23.9. The highest BCUT2D eigenvalue weighted by Crippen LogP contribution is 2.22. The van der Waals surface area contributed by atoms with Crippen LogP contribution in [0, 0.1) is 0 Å². The number of nitrogens with one attached hydrogen (secondary N) is 2. The highest BCUT2D eigenvalue weighted by Gasteiger charge is 2.30. The number of ether oxygens (including phenoxy) is 1. The summed E-state index contributed by atoms with van der Waals surface area (Å²) in [6, 6.07) is 13.8. The van der Waals surface area contributed by atoms with Gasteiger partial charge in [0.15, 0.2) is 0 Å². The predicted molar refractivity (Wildman–Crippen MR) is 127 cm³/mol. The third-order valence-corrected chi connectivity index (χ3v) is 7.07. The number of carbonyl (C=O) groups is 2.